The van der Waals surface area contributed by atoms with Crippen molar-refractivity contribution in [1.29, 1.82) is 0 Å². The Kier molecular flexibility index (Phi) is 7.74. The Morgan fingerprint density at radius 1 is 1.09 bits per heavy atom. The van der Waals surface area contributed by atoms with Crippen LogP contribution in [0.5, 0.6) is 0 Å². The Hall–Kier alpha value is -1.22. The van der Waals surface area contributed by atoms with Crippen molar-refractivity contribution in [2.75, 3.05) is 0 Å². The molecule has 0 heterocycles. The molecule has 3 heteroatoms. The van der Waals surface area contributed by atoms with E-state index in [1.165, 1.54) is 0 Å². The van der Waals surface area contributed by atoms with Gasteiger partial charge in [-0.3, -0.25) is 4.79 Å². The Morgan fingerprint density at radius 3 is 2.09 bits per heavy atom. The highest BCUT2D eigenvalue weighted by atomic mass is 32.2. The summed E-state index contributed by atoms with van der Waals surface area (Å²) < 4.78 is 5.82. The van der Waals surface area contributed by atoms with Gasteiger partial charge in [-0.2, -0.15) is 0 Å². The summed E-state index contributed by atoms with van der Waals surface area (Å²) in [7, 11) is 0. The van der Waals surface area contributed by atoms with E-state index < -0.39 is 0 Å². The molecule has 1 aromatic carbocycles. The van der Waals surface area contributed by atoms with Crippen molar-refractivity contribution in [3.8, 4) is 0 Å². The average molecular weight is 320 g/mol. The molecule has 0 aliphatic rings. The first-order valence-corrected chi connectivity index (χ1v) is 8.79. The van der Waals surface area contributed by atoms with Gasteiger partial charge in [-0.1, -0.05) is 58.9 Å². The second kappa shape index (κ2) is 9.04. The zero-order valence-electron chi connectivity index (χ0n) is 14.3. The smallest absolute Gasteiger partial charge is 0.320 e. The summed E-state index contributed by atoms with van der Waals surface area (Å²) in [5.74, 6) is 0.530. The second-order valence-corrected chi connectivity index (χ2v) is 7.55. The summed E-state index contributed by atoms with van der Waals surface area (Å²) >= 11 is 1.55. The molecule has 1 rings (SSSR count). The quantitative estimate of drug-likeness (QED) is 0.374. The standard InChI is InChI=1S/C19H28O2S/c1-7-15(6)18(22-16-11-9-8-10-12-16)19(20)21-17(13(2)3)14(4)5/h7-15,17-18H,1H2,2-6H3/t15-,18+/m0/s1. The molecule has 0 bridgehead atoms. The number of hydrogen-bond donors (Lipinski definition) is 0. The van der Waals surface area contributed by atoms with E-state index in [0.717, 1.165) is 4.90 Å². The third kappa shape index (κ3) is 5.53. The number of thioether (sulfide) groups is 1. The lowest BCUT2D eigenvalue weighted by molar-refractivity contribution is -0.153. The van der Waals surface area contributed by atoms with E-state index in [4.69, 9.17) is 4.74 Å². The molecule has 0 aliphatic heterocycles. The van der Waals surface area contributed by atoms with Crippen molar-refractivity contribution in [1.82, 2.24) is 0 Å². The lowest BCUT2D eigenvalue weighted by Crippen LogP contribution is -2.35. The molecule has 0 saturated heterocycles. The predicted molar refractivity (Wildman–Crippen MR) is 95.0 cm³/mol. The molecule has 0 aromatic heterocycles. The molecule has 2 atom stereocenters. The van der Waals surface area contributed by atoms with Crippen LogP contribution in [0.25, 0.3) is 0 Å². The highest BCUT2D eigenvalue weighted by molar-refractivity contribution is 8.00. The summed E-state index contributed by atoms with van der Waals surface area (Å²) in [6.07, 6.45) is 1.77. The first kappa shape index (κ1) is 18.8. The van der Waals surface area contributed by atoms with Crippen LogP contribution in [0.15, 0.2) is 47.9 Å². The fourth-order valence-corrected chi connectivity index (χ4v) is 3.47. The van der Waals surface area contributed by atoms with E-state index in [1.807, 2.05) is 43.3 Å². The number of carbonyl (C=O) groups is 1. The van der Waals surface area contributed by atoms with Gasteiger partial charge in [0.1, 0.15) is 11.4 Å². The summed E-state index contributed by atoms with van der Waals surface area (Å²) in [5.41, 5.74) is 0. The first-order chi connectivity index (χ1) is 10.4. The third-order valence-corrected chi connectivity index (χ3v) is 5.07. The lowest BCUT2D eigenvalue weighted by Gasteiger charge is -2.28. The van der Waals surface area contributed by atoms with Crippen LogP contribution < -0.4 is 0 Å². The van der Waals surface area contributed by atoms with Crippen molar-refractivity contribution in [2.24, 2.45) is 17.8 Å². The summed E-state index contributed by atoms with van der Waals surface area (Å²) in [6.45, 7) is 14.2. The van der Waals surface area contributed by atoms with Crippen molar-refractivity contribution in [3.05, 3.63) is 43.0 Å². The molecule has 0 aliphatic carbocycles. The molecule has 0 saturated carbocycles. The zero-order chi connectivity index (χ0) is 16.7. The van der Waals surface area contributed by atoms with Crippen molar-refractivity contribution in [2.45, 2.75) is 50.9 Å². The van der Waals surface area contributed by atoms with Gasteiger partial charge < -0.3 is 4.74 Å². The number of ether oxygens (including phenoxy) is 1. The van der Waals surface area contributed by atoms with Gasteiger partial charge in [0, 0.05) is 4.90 Å². The molecule has 0 unspecified atom stereocenters. The molecule has 0 radical (unpaired) electrons. The number of carbonyl (C=O) groups excluding carboxylic acids is 1. The maximum Gasteiger partial charge on any atom is 0.320 e. The highest BCUT2D eigenvalue weighted by Crippen LogP contribution is 2.31. The maximum atomic E-state index is 12.7. The van der Waals surface area contributed by atoms with Crippen LogP contribution in [0.4, 0.5) is 0 Å². The number of benzene rings is 1. The minimum atomic E-state index is -0.264. The van der Waals surface area contributed by atoms with Crippen LogP contribution in [-0.2, 0) is 9.53 Å². The van der Waals surface area contributed by atoms with E-state index in [1.54, 1.807) is 11.8 Å². The molecule has 122 valence electrons. The van der Waals surface area contributed by atoms with Crippen LogP contribution in [0.3, 0.4) is 0 Å². The van der Waals surface area contributed by atoms with E-state index in [0.29, 0.717) is 11.8 Å². The number of rotatable bonds is 8. The number of hydrogen-bond acceptors (Lipinski definition) is 3. The molecular formula is C19H28O2S. The fourth-order valence-electron chi connectivity index (χ4n) is 2.38. The van der Waals surface area contributed by atoms with E-state index in [-0.39, 0.29) is 23.2 Å². The minimum absolute atomic E-state index is 0.0524. The Bertz CT molecular complexity index is 460. The highest BCUT2D eigenvalue weighted by Gasteiger charge is 2.30. The van der Waals surface area contributed by atoms with Crippen LogP contribution >= 0.6 is 11.8 Å². The molecule has 22 heavy (non-hydrogen) atoms. The lowest BCUT2D eigenvalue weighted by atomic mass is 9.96. The summed E-state index contributed by atoms with van der Waals surface area (Å²) in [4.78, 5) is 13.7. The molecule has 1 aromatic rings. The molecule has 0 N–H and O–H groups in total. The van der Waals surface area contributed by atoms with Gasteiger partial charge in [0.15, 0.2) is 0 Å². The Labute approximate surface area is 139 Å². The van der Waals surface area contributed by atoms with E-state index in [9.17, 15) is 4.79 Å². The zero-order valence-corrected chi connectivity index (χ0v) is 15.1. The van der Waals surface area contributed by atoms with Crippen LogP contribution in [0, 0.1) is 17.8 Å². The SMILES string of the molecule is C=C[C@H](C)[C@@H](Sc1ccccc1)C(=O)OC(C(C)C)C(C)C. The van der Waals surface area contributed by atoms with Gasteiger partial charge in [-0.05, 0) is 29.9 Å². The fraction of sp³-hybridized carbons (Fsp3) is 0.526. The topological polar surface area (TPSA) is 26.3 Å². The third-order valence-electron chi connectivity index (χ3n) is 3.65. The maximum absolute atomic E-state index is 12.7. The number of esters is 1. The first-order valence-electron chi connectivity index (χ1n) is 7.91. The molecular weight excluding hydrogens is 292 g/mol. The average Bonchev–Trinajstić information content (AvgIpc) is 2.49. The van der Waals surface area contributed by atoms with Crippen LogP contribution in [-0.4, -0.2) is 17.3 Å². The molecule has 2 nitrogen and oxygen atoms in total. The predicted octanol–water partition coefficient (Wildman–Crippen LogP) is 5.19. The van der Waals surface area contributed by atoms with E-state index >= 15 is 0 Å². The summed E-state index contributed by atoms with van der Waals surface area (Å²) in [5, 5.41) is -0.264. The second-order valence-electron chi connectivity index (χ2n) is 6.34. The minimum Gasteiger partial charge on any atom is -0.461 e. The van der Waals surface area contributed by atoms with Gasteiger partial charge in [0.05, 0.1) is 0 Å². The normalized spacial score (nSPS) is 14.2. The monoisotopic (exact) mass is 320 g/mol. The van der Waals surface area contributed by atoms with Gasteiger partial charge >= 0.3 is 5.97 Å². The molecule has 0 amide bonds. The Morgan fingerprint density at radius 2 is 1.64 bits per heavy atom. The summed E-state index contributed by atoms with van der Waals surface area (Å²) in [6, 6.07) is 9.97. The van der Waals surface area contributed by atoms with Crippen molar-refractivity contribution >= 4 is 17.7 Å². The van der Waals surface area contributed by atoms with Gasteiger partial charge in [-0.25, -0.2) is 0 Å². The van der Waals surface area contributed by atoms with Crippen molar-refractivity contribution in [3.63, 3.8) is 0 Å². The van der Waals surface area contributed by atoms with Gasteiger partial charge in [0.2, 0.25) is 0 Å². The Balaban J connectivity index is 2.87. The molecule has 0 spiro atoms. The number of allylic oxidation sites excluding steroid dienone is 1. The van der Waals surface area contributed by atoms with E-state index in [2.05, 4.69) is 34.3 Å². The molecule has 0 fully saturated rings. The van der Waals surface area contributed by atoms with Crippen LogP contribution in [0.1, 0.15) is 34.6 Å². The van der Waals surface area contributed by atoms with Crippen LogP contribution in [0.2, 0.25) is 0 Å². The largest absolute Gasteiger partial charge is 0.461 e. The van der Waals surface area contributed by atoms with Gasteiger partial charge in [0.25, 0.3) is 0 Å². The van der Waals surface area contributed by atoms with Gasteiger partial charge in [-0.15, -0.1) is 18.3 Å². The van der Waals surface area contributed by atoms with Crippen molar-refractivity contribution < 1.29 is 9.53 Å².